The number of hydrogen-bond acceptors (Lipinski definition) is 6. The first kappa shape index (κ1) is 23.8. The highest BCUT2D eigenvalue weighted by Crippen LogP contribution is 2.40. The molecule has 4 rings (SSSR count). The lowest BCUT2D eigenvalue weighted by atomic mass is 9.87. The lowest BCUT2D eigenvalue weighted by Gasteiger charge is -2.26. The fourth-order valence-electron chi connectivity index (χ4n) is 4.73. The Morgan fingerprint density at radius 2 is 1.53 bits per heavy atom. The summed E-state index contributed by atoms with van der Waals surface area (Å²) >= 11 is 0. The van der Waals surface area contributed by atoms with Crippen LogP contribution >= 0.6 is 0 Å². The maximum atomic E-state index is 12.7. The molecule has 2 fully saturated rings. The van der Waals surface area contributed by atoms with Crippen molar-refractivity contribution in [2.24, 2.45) is 0 Å². The van der Waals surface area contributed by atoms with Crippen molar-refractivity contribution < 1.29 is 28.5 Å². The van der Waals surface area contributed by atoms with E-state index in [0.29, 0.717) is 35.8 Å². The van der Waals surface area contributed by atoms with E-state index < -0.39 is 0 Å². The van der Waals surface area contributed by atoms with Gasteiger partial charge in [0.25, 0.3) is 0 Å². The number of hydrogen-bond donors (Lipinski definition) is 1. The van der Waals surface area contributed by atoms with Crippen molar-refractivity contribution in [3.8, 4) is 28.7 Å². The second-order valence-corrected chi connectivity index (χ2v) is 8.67. The zero-order valence-corrected chi connectivity index (χ0v) is 20.3. The zero-order chi connectivity index (χ0) is 24.1. The molecule has 2 aromatic rings. The summed E-state index contributed by atoms with van der Waals surface area (Å²) in [6.45, 7) is 0.570. The van der Waals surface area contributed by atoms with Gasteiger partial charge in [-0.2, -0.15) is 0 Å². The van der Waals surface area contributed by atoms with E-state index in [-0.39, 0.29) is 17.9 Å². The molecule has 1 N–H and O–H groups in total. The van der Waals surface area contributed by atoms with Crippen LogP contribution < -0.4 is 29.0 Å². The molecule has 0 spiro atoms. The van der Waals surface area contributed by atoms with Crippen molar-refractivity contribution in [3.63, 3.8) is 0 Å². The number of piperidine rings is 1. The lowest BCUT2D eigenvalue weighted by Crippen LogP contribution is -2.35. The molecule has 2 aliphatic rings. The van der Waals surface area contributed by atoms with E-state index in [0.717, 1.165) is 35.5 Å². The van der Waals surface area contributed by atoms with Crippen LogP contribution in [0.1, 0.15) is 49.1 Å². The second-order valence-electron chi connectivity index (χ2n) is 8.67. The molecule has 0 bridgehead atoms. The summed E-state index contributed by atoms with van der Waals surface area (Å²) in [4.78, 5) is 12.7. The van der Waals surface area contributed by atoms with Gasteiger partial charge in [-0.05, 0) is 73.6 Å². The smallest absolute Gasteiger partial charge is 0.247 e. The minimum atomic E-state index is -0.0686. The van der Waals surface area contributed by atoms with Crippen LogP contribution in [0.15, 0.2) is 35.9 Å². The van der Waals surface area contributed by atoms with Crippen LogP contribution in [0, 0.1) is 0 Å². The highest BCUT2D eigenvalue weighted by atomic mass is 16.5. The predicted octanol–water partition coefficient (Wildman–Crippen LogP) is 4.73. The van der Waals surface area contributed by atoms with Crippen molar-refractivity contribution in [1.29, 1.82) is 0 Å². The van der Waals surface area contributed by atoms with Crippen molar-refractivity contribution in [2.75, 3.05) is 35.0 Å². The third-order valence-corrected chi connectivity index (χ3v) is 6.55. The second kappa shape index (κ2) is 10.7. The molecular formula is C27H33NO6. The minimum Gasteiger partial charge on any atom is -0.493 e. The first-order valence-corrected chi connectivity index (χ1v) is 11.7. The fourth-order valence-corrected chi connectivity index (χ4v) is 4.73. The van der Waals surface area contributed by atoms with E-state index in [1.165, 1.54) is 12.8 Å². The van der Waals surface area contributed by atoms with Crippen LogP contribution in [0.5, 0.6) is 28.7 Å². The van der Waals surface area contributed by atoms with Gasteiger partial charge in [0, 0.05) is 18.0 Å². The lowest BCUT2D eigenvalue weighted by molar-refractivity contribution is -0.118. The van der Waals surface area contributed by atoms with Crippen LogP contribution in [-0.4, -0.2) is 47.0 Å². The van der Waals surface area contributed by atoms with Gasteiger partial charge < -0.3 is 29.0 Å². The Morgan fingerprint density at radius 3 is 2.15 bits per heavy atom. The maximum absolute atomic E-state index is 12.7. The van der Waals surface area contributed by atoms with E-state index in [1.54, 1.807) is 28.4 Å². The van der Waals surface area contributed by atoms with E-state index >= 15 is 0 Å². The molecule has 182 valence electrons. The summed E-state index contributed by atoms with van der Waals surface area (Å²) in [6, 6.07) is 9.76. The summed E-state index contributed by atoms with van der Waals surface area (Å²) in [5.74, 6) is 3.19. The first-order valence-electron chi connectivity index (χ1n) is 11.7. The third kappa shape index (κ3) is 5.08. The highest BCUT2D eigenvalue weighted by molar-refractivity contribution is 5.99. The molecule has 2 aromatic carbocycles. The summed E-state index contributed by atoms with van der Waals surface area (Å²) in [5.41, 5.74) is 2.62. The van der Waals surface area contributed by atoms with Crippen molar-refractivity contribution in [3.05, 3.63) is 47.0 Å². The van der Waals surface area contributed by atoms with E-state index in [1.807, 2.05) is 24.3 Å². The molecule has 1 aliphatic carbocycles. The van der Waals surface area contributed by atoms with Crippen molar-refractivity contribution >= 4 is 12.0 Å². The first-order chi connectivity index (χ1) is 16.6. The number of ether oxygens (including phenoxy) is 5. The Bertz CT molecular complexity index is 1030. The number of benzene rings is 2. The molecule has 1 atom stereocenters. The van der Waals surface area contributed by atoms with Crippen molar-refractivity contribution in [2.45, 2.75) is 44.1 Å². The van der Waals surface area contributed by atoms with E-state index in [2.05, 4.69) is 17.4 Å². The van der Waals surface area contributed by atoms with Gasteiger partial charge in [-0.15, -0.1) is 0 Å². The largest absolute Gasteiger partial charge is 0.493 e. The number of carbonyl (C=O) groups excluding carboxylic acids is 1. The standard InChI is InChI=1S/C27H33NO6/c1-30-22-10-9-18(15-23(22)34-21-7-5-6-8-21)20-14-19(27(29)28-16-20)11-17-12-24(31-2)26(33-4)25(13-17)32-3/h9-13,15,20-21H,5-8,14,16H2,1-4H3,(H,28,29). The molecular weight excluding hydrogens is 434 g/mol. The molecule has 0 radical (unpaired) electrons. The number of nitrogens with one attached hydrogen (secondary N) is 1. The normalized spacial score (nSPS) is 19.6. The number of carbonyl (C=O) groups is 1. The molecule has 1 aliphatic heterocycles. The average Bonchev–Trinajstić information content (AvgIpc) is 3.37. The summed E-state index contributed by atoms with van der Waals surface area (Å²) < 4.78 is 28.1. The molecule has 7 heteroatoms. The number of rotatable bonds is 8. The van der Waals surface area contributed by atoms with Gasteiger partial charge in [-0.25, -0.2) is 0 Å². The van der Waals surface area contributed by atoms with Gasteiger partial charge in [0.05, 0.1) is 34.5 Å². The van der Waals surface area contributed by atoms with Crippen LogP contribution in [0.2, 0.25) is 0 Å². The maximum Gasteiger partial charge on any atom is 0.247 e. The van der Waals surface area contributed by atoms with Crippen molar-refractivity contribution in [1.82, 2.24) is 5.32 Å². The Balaban J connectivity index is 1.60. The number of amides is 1. The van der Waals surface area contributed by atoms with E-state index in [9.17, 15) is 4.79 Å². The summed E-state index contributed by atoms with van der Waals surface area (Å²) in [7, 11) is 6.38. The van der Waals surface area contributed by atoms with Crippen LogP contribution in [-0.2, 0) is 4.79 Å². The molecule has 1 saturated heterocycles. The number of methoxy groups -OCH3 is 4. The highest BCUT2D eigenvalue weighted by Gasteiger charge is 2.26. The summed E-state index contributed by atoms with van der Waals surface area (Å²) in [6.07, 6.45) is 7.30. The quantitative estimate of drug-likeness (QED) is 0.566. The Kier molecular flexibility index (Phi) is 7.50. The molecule has 1 amide bonds. The minimum absolute atomic E-state index is 0.0686. The zero-order valence-electron chi connectivity index (χ0n) is 20.3. The molecule has 7 nitrogen and oxygen atoms in total. The Morgan fingerprint density at radius 1 is 0.853 bits per heavy atom. The van der Waals surface area contributed by atoms with Gasteiger partial charge in [-0.3, -0.25) is 4.79 Å². The van der Waals surface area contributed by atoms with Crippen LogP contribution in [0.4, 0.5) is 0 Å². The molecule has 1 unspecified atom stereocenters. The Hall–Kier alpha value is -3.35. The topological polar surface area (TPSA) is 75.3 Å². The molecule has 34 heavy (non-hydrogen) atoms. The van der Waals surface area contributed by atoms with Gasteiger partial charge in [0.15, 0.2) is 23.0 Å². The molecule has 1 saturated carbocycles. The predicted molar refractivity (Wildman–Crippen MR) is 130 cm³/mol. The van der Waals surface area contributed by atoms with Crippen LogP contribution in [0.25, 0.3) is 6.08 Å². The fraction of sp³-hybridized carbons (Fsp3) is 0.444. The summed E-state index contributed by atoms with van der Waals surface area (Å²) in [5, 5.41) is 3.04. The third-order valence-electron chi connectivity index (χ3n) is 6.55. The van der Waals surface area contributed by atoms with Gasteiger partial charge in [-0.1, -0.05) is 6.07 Å². The molecule has 0 aromatic heterocycles. The average molecular weight is 468 g/mol. The van der Waals surface area contributed by atoms with E-state index in [4.69, 9.17) is 23.7 Å². The van der Waals surface area contributed by atoms with Crippen LogP contribution in [0.3, 0.4) is 0 Å². The Labute approximate surface area is 201 Å². The van der Waals surface area contributed by atoms with Gasteiger partial charge in [0.1, 0.15) is 0 Å². The molecule has 1 heterocycles. The monoisotopic (exact) mass is 467 g/mol. The SMILES string of the molecule is COc1ccc(C2CNC(=O)C(=Cc3cc(OC)c(OC)c(OC)c3)C2)cc1OC1CCCC1. The van der Waals surface area contributed by atoms with Gasteiger partial charge in [0.2, 0.25) is 11.7 Å². The van der Waals surface area contributed by atoms with Gasteiger partial charge >= 0.3 is 0 Å².